The number of hydrogen-bond donors (Lipinski definition) is 2. The van der Waals surface area contributed by atoms with Crippen molar-refractivity contribution in [3.8, 4) is 28.3 Å². The third-order valence-corrected chi connectivity index (χ3v) is 5.29. The number of aromatic nitrogens is 2. The van der Waals surface area contributed by atoms with Crippen molar-refractivity contribution in [1.82, 2.24) is 4.98 Å². The van der Waals surface area contributed by atoms with Crippen molar-refractivity contribution >= 4 is 21.7 Å². The van der Waals surface area contributed by atoms with Crippen molar-refractivity contribution in [3.05, 3.63) is 84.8 Å². The summed E-state index contributed by atoms with van der Waals surface area (Å²) in [4.78, 5) is 3.29. The molecule has 3 N–H and O–H groups in total. The van der Waals surface area contributed by atoms with E-state index in [0.717, 1.165) is 49.9 Å². The van der Waals surface area contributed by atoms with Gasteiger partial charge in [0.05, 0.1) is 18.1 Å². The highest BCUT2D eigenvalue weighted by atomic mass is 19.1. The molecule has 4 nitrogen and oxygen atoms in total. The summed E-state index contributed by atoms with van der Waals surface area (Å²) in [5.41, 5.74) is 4.45. The summed E-state index contributed by atoms with van der Waals surface area (Å²) in [6, 6.07) is 22.5. The Labute approximate surface area is 167 Å². The normalized spacial score (nSPS) is 11.2. The number of nitrogens with two attached hydrogens (primary N) is 1. The Balaban J connectivity index is 1.85. The van der Waals surface area contributed by atoms with Gasteiger partial charge >= 0.3 is 0 Å². The van der Waals surface area contributed by atoms with E-state index < -0.39 is 0 Å². The second-order valence-corrected chi connectivity index (χ2v) is 6.96. The number of ether oxygens (including phenoxy) is 1. The first-order chi connectivity index (χ1) is 14.2. The largest absolute Gasteiger partial charge is 0.497 e. The molecule has 2 aromatic heterocycles. The molecule has 0 amide bonds. The van der Waals surface area contributed by atoms with E-state index in [2.05, 4.69) is 4.98 Å². The van der Waals surface area contributed by atoms with Crippen LogP contribution < -0.4 is 15.3 Å². The van der Waals surface area contributed by atoms with Crippen LogP contribution in [0.5, 0.6) is 5.75 Å². The van der Waals surface area contributed by atoms with Crippen LogP contribution in [-0.4, -0.2) is 12.1 Å². The first kappa shape index (κ1) is 17.3. The maximum absolute atomic E-state index is 14.1. The van der Waals surface area contributed by atoms with E-state index in [0.29, 0.717) is 0 Å². The first-order valence-electron chi connectivity index (χ1n) is 9.30. The van der Waals surface area contributed by atoms with Crippen molar-refractivity contribution in [2.45, 2.75) is 0 Å². The molecule has 5 rings (SSSR count). The molecule has 5 heteroatoms. The number of nitrogens with one attached hydrogen (secondary N) is 1. The maximum atomic E-state index is 14.1. The molecule has 0 aliphatic rings. The molecule has 0 aliphatic heterocycles. The van der Waals surface area contributed by atoms with Gasteiger partial charge in [-0.2, -0.15) is 0 Å². The highest BCUT2D eigenvalue weighted by Gasteiger charge is 2.25. The zero-order valence-corrected chi connectivity index (χ0v) is 15.8. The standard InChI is InChI=1S/C24H18FN3O/c1-29-18-10-7-15(8-11-18)23-12-16-6-9-17(25)13-20(16)24(28(23)26)21-14-27-22-5-3-2-4-19(21)22/h2-14H,26H2,1H3/p+1. The molecule has 0 unspecified atom stereocenters. The van der Waals surface area contributed by atoms with Gasteiger partial charge in [0.25, 0.3) is 5.69 Å². The van der Waals surface area contributed by atoms with E-state index in [-0.39, 0.29) is 5.82 Å². The SMILES string of the molecule is COc1ccc(-c2cc3ccc(F)cc3c(-c3c[nH]c4ccccc34)[n+]2N)cc1. The van der Waals surface area contributed by atoms with E-state index >= 15 is 0 Å². The number of pyridine rings is 1. The van der Waals surface area contributed by atoms with E-state index in [4.69, 9.17) is 10.6 Å². The molecule has 0 saturated heterocycles. The van der Waals surface area contributed by atoms with Crippen LogP contribution in [0, 0.1) is 5.82 Å². The number of H-pyrrole nitrogens is 1. The average molecular weight is 384 g/mol. The van der Waals surface area contributed by atoms with Crippen LogP contribution in [0.4, 0.5) is 4.39 Å². The van der Waals surface area contributed by atoms with E-state index in [1.807, 2.05) is 60.8 Å². The molecular formula is C24H19FN3O+. The van der Waals surface area contributed by atoms with Crippen molar-refractivity contribution < 1.29 is 13.8 Å². The summed E-state index contributed by atoms with van der Waals surface area (Å²) < 4.78 is 21.0. The zero-order chi connectivity index (χ0) is 20.0. The van der Waals surface area contributed by atoms with Gasteiger partial charge in [0.2, 0.25) is 5.69 Å². The minimum Gasteiger partial charge on any atom is -0.497 e. The fourth-order valence-electron chi connectivity index (χ4n) is 3.85. The molecule has 0 bridgehead atoms. The number of fused-ring (bicyclic) bond motifs is 2. The Hall–Kier alpha value is -3.86. The van der Waals surface area contributed by atoms with Gasteiger partial charge in [0.15, 0.2) is 0 Å². The zero-order valence-electron chi connectivity index (χ0n) is 15.8. The van der Waals surface area contributed by atoms with Gasteiger partial charge in [-0.05, 0) is 47.9 Å². The van der Waals surface area contributed by atoms with Gasteiger partial charge in [-0.25, -0.2) is 10.2 Å². The lowest BCUT2D eigenvalue weighted by Gasteiger charge is -2.09. The molecule has 0 spiro atoms. The molecule has 2 heterocycles. The average Bonchev–Trinajstić information content (AvgIpc) is 3.17. The third-order valence-electron chi connectivity index (χ3n) is 5.29. The molecule has 0 aliphatic carbocycles. The molecule has 0 saturated carbocycles. The van der Waals surface area contributed by atoms with Crippen LogP contribution in [0.25, 0.3) is 44.2 Å². The quantitative estimate of drug-likeness (QED) is 0.347. The number of aromatic amines is 1. The molecule has 142 valence electrons. The Kier molecular flexibility index (Phi) is 3.95. The van der Waals surface area contributed by atoms with Crippen molar-refractivity contribution in [2.24, 2.45) is 0 Å². The number of benzene rings is 3. The highest BCUT2D eigenvalue weighted by molar-refractivity contribution is 6.03. The fourth-order valence-corrected chi connectivity index (χ4v) is 3.85. The second kappa shape index (κ2) is 6.63. The molecule has 29 heavy (non-hydrogen) atoms. The summed E-state index contributed by atoms with van der Waals surface area (Å²) in [5.74, 6) is 7.11. The van der Waals surface area contributed by atoms with E-state index in [1.54, 1.807) is 17.9 Å². The number of nitrogen functional groups attached to an aromatic ring is 1. The monoisotopic (exact) mass is 384 g/mol. The maximum Gasteiger partial charge on any atom is 0.252 e. The number of methoxy groups -OCH3 is 1. The van der Waals surface area contributed by atoms with Crippen LogP contribution in [0.1, 0.15) is 0 Å². The van der Waals surface area contributed by atoms with Gasteiger partial charge in [-0.1, -0.05) is 28.9 Å². The summed E-state index contributed by atoms with van der Waals surface area (Å²) in [6.45, 7) is 0. The van der Waals surface area contributed by atoms with Crippen LogP contribution >= 0.6 is 0 Å². The van der Waals surface area contributed by atoms with Gasteiger partial charge < -0.3 is 9.72 Å². The summed E-state index contributed by atoms with van der Waals surface area (Å²) in [6.07, 6.45) is 1.92. The van der Waals surface area contributed by atoms with E-state index in [9.17, 15) is 4.39 Å². The van der Waals surface area contributed by atoms with Gasteiger partial charge in [0, 0.05) is 28.7 Å². The lowest BCUT2D eigenvalue weighted by molar-refractivity contribution is -0.614. The van der Waals surface area contributed by atoms with Gasteiger partial charge in [0.1, 0.15) is 11.6 Å². The Bertz CT molecular complexity index is 1360. The lowest BCUT2D eigenvalue weighted by Crippen LogP contribution is -2.48. The summed E-state index contributed by atoms with van der Waals surface area (Å²) >= 11 is 0. The summed E-state index contributed by atoms with van der Waals surface area (Å²) in [7, 11) is 1.64. The van der Waals surface area contributed by atoms with Crippen molar-refractivity contribution in [3.63, 3.8) is 0 Å². The molecular weight excluding hydrogens is 365 g/mol. The molecule has 0 fully saturated rings. The molecule has 0 radical (unpaired) electrons. The number of rotatable bonds is 3. The smallest absolute Gasteiger partial charge is 0.252 e. The predicted octanol–water partition coefficient (Wildman–Crippen LogP) is 4.80. The van der Waals surface area contributed by atoms with Crippen molar-refractivity contribution in [1.29, 1.82) is 0 Å². The lowest BCUT2D eigenvalue weighted by atomic mass is 10.00. The van der Waals surface area contributed by atoms with E-state index in [1.165, 1.54) is 12.1 Å². The molecule has 3 aromatic carbocycles. The van der Waals surface area contributed by atoms with Crippen LogP contribution in [0.3, 0.4) is 0 Å². The molecule has 0 atom stereocenters. The first-order valence-corrected chi connectivity index (χ1v) is 9.30. The van der Waals surface area contributed by atoms with Crippen LogP contribution in [0.2, 0.25) is 0 Å². The minimum absolute atomic E-state index is 0.296. The second-order valence-electron chi connectivity index (χ2n) is 6.96. The number of halogens is 1. The van der Waals surface area contributed by atoms with Gasteiger partial charge in [-0.3, -0.25) is 0 Å². The third kappa shape index (κ3) is 2.79. The highest BCUT2D eigenvalue weighted by Crippen LogP contribution is 2.34. The summed E-state index contributed by atoms with van der Waals surface area (Å²) in [5, 5.41) is 2.71. The Morgan fingerprint density at radius 1 is 0.931 bits per heavy atom. The number of hydrogen-bond acceptors (Lipinski definition) is 2. The van der Waals surface area contributed by atoms with Crippen LogP contribution in [0.15, 0.2) is 79.0 Å². The number of para-hydroxylation sites is 1. The van der Waals surface area contributed by atoms with Crippen LogP contribution in [-0.2, 0) is 0 Å². The topological polar surface area (TPSA) is 54.9 Å². The fraction of sp³-hybridized carbons (Fsp3) is 0.0417. The molecule has 5 aromatic rings. The predicted molar refractivity (Wildman–Crippen MR) is 114 cm³/mol. The Morgan fingerprint density at radius 3 is 2.52 bits per heavy atom. The Morgan fingerprint density at radius 2 is 1.72 bits per heavy atom. The van der Waals surface area contributed by atoms with Crippen molar-refractivity contribution in [2.75, 3.05) is 13.0 Å². The number of nitrogens with zero attached hydrogens (tertiary/aromatic N) is 1. The minimum atomic E-state index is -0.296. The van der Waals surface area contributed by atoms with Gasteiger partial charge in [-0.15, -0.1) is 0 Å².